The van der Waals surface area contributed by atoms with E-state index in [1.54, 1.807) is 65.7 Å². The van der Waals surface area contributed by atoms with Gasteiger partial charge < -0.3 is 4.57 Å². The largest absolute Gasteiger partial charge is 0.319 e. The molecule has 0 unspecified atom stereocenters. The Kier molecular flexibility index (Phi) is 5.18. The SMILES string of the molecule is Cn1nc(CC(=O)N=c2sccn2Cc2ccccc2F)c2ccccc2c1=O. The fourth-order valence-corrected chi connectivity index (χ4v) is 3.86. The van der Waals surface area contributed by atoms with Crippen LogP contribution in [0.15, 0.2) is 69.9 Å². The predicted octanol–water partition coefficient (Wildman–Crippen LogP) is 2.65. The van der Waals surface area contributed by atoms with Crippen molar-refractivity contribution in [2.45, 2.75) is 13.0 Å². The lowest BCUT2D eigenvalue weighted by atomic mass is 10.1. The minimum absolute atomic E-state index is 0.0355. The molecular formula is C21H17FN4O2S. The van der Waals surface area contributed by atoms with Crippen LogP contribution in [0.4, 0.5) is 4.39 Å². The highest BCUT2D eigenvalue weighted by molar-refractivity contribution is 7.07. The van der Waals surface area contributed by atoms with Gasteiger partial charge in [0, 0.05) is 29.6 Å². The summed E-state index contributed by atoms with van der Waals surface area (Å²) >= 11 is 1.30. The van der Waals surface area contributed by atoms with Crippen LogP contribution in [0.3, 0.4) is 0 Å². The van der Waals surface area contributed by atoms with E-state index in [9.17, 15) is 14.0 Å². The molecule has 0 radical (unpaired) electrons. The summed E-state index contributed by atoms with van der Waals surface area (Å²) in [5.41, 5.74) is 0.800. The van der Waals surface area contributed by atoms with Gasteiger partial charge in [-0.15, -0.1) is 11.3 Å². The molecule has 6 nitrogen and oxygen atoms in total. The molecule has 2 aromatic carbocycles. The van der Waals surface area contributed by atoms with Crippen molar-refractivity contribution in [2.24, 2.45) is 12.0 Å². The Labute approximate surface area is 169 Å². The van der Waals surface area contributed by atoms with Crippen LogP contribution in [0.1, 0.15) is 11.3 Å². The van der Waals surface area contributed by atoms with Gasteiger partial charge in [0.15, 0.2) is 4.80 Å². The van der Waals surface area contributed by atoms with Crippen molar-refractivity contribution in [3.8, 4) is 0 Å². The summed E-state index contributed by atoms with van der Waals surface area (Å²) in [5, 5.41) is 7.20. The Hall–Kier alpha value is -3.39. The molecule has 2 aromatic heterocycles. The lowest BCUT2D eigenvalue weighted by Gasteiger charge is -2.06. The zero-order chi connectivity index (χ0) is 20.4. The van der Waals surface area contributed by atoms with E-state index in [0.29, 0.717) is 26.8 Å². The minimum Gasteiger partial charge on any atom is -0.319 e. The van der Waals surface area contributed by atoms with Gasteiger partial charge in [-0.1, -0.05) is 36.4 Å². The number of hydrogen-bond acceptors (Lipinski definition) is 4. The van der Waals surface area contributed by atoms with Crippen molar-refractivity contribution in [1.29, 1.82) is 0 Å². The van der Waals surface area contributed by atoms with Gasteiger partial charge in [0.25, 0.3) is 11.5 Å². The molecule has 4 aromatic rings. The van der Waals surface area contributed by atoms with E-state index in [0.717, 1.165) is 0 Å². The second-order valence-corrected chi connectivity index (χ2v) is 7.38. The van der Waals surface area contributed by atoms with Gasteiger partial charge >= 0.3 is 0 Å². The van der Waals surface area contributed by atoms with Crippen LogP contribution >= 0.6 is 11.3 Å². The molecule has 29 heavy (non-hydrogen) atoms. The molecule has 1 amide bonds. The van der Waals surface area contributed by atoms with Gasteiger partial charge in [-0.2, -0.15) is 10.1 Å². The van der Waals surface area contributed by atoms with Crippen molar-refractivity contribution in [2.75, 3.05) is 0 Å². The second kappa shape index (κ2) is 7.92. The van der Waals surface area contributed by atoms with E-state index in [4.69, 9.17) is 0 Å². The number of nitrogens with zero attached hydrogens (tertiary/aromatic N) is 4. The molecule has 0 bridgehead atoms. The van der Waals surface area contributed by atoms with Gasteiger partial charge in [-0.05, 0) is 12.1 Å². The first kappa shape index (κ1) is 18.9. The van der Waals surface area contributed by atoms with Crippen LogP contribution in [0, 0.1) is 5.82 Å². The van der Waals surface area contributed by atoms with Gasteiger partial charge in [0.1, 0.15) is 5.82 Å². The quantitative estimate of drug-likeness (QED) is 0.521. The van der Waals surface area contributed by atoms with Crippen molar-refractivity contribution in [3.63, 3.8) is 0 Å². The number of rotatable bonds is 4. The van der Waals surface area contributed by atoms with E-state index < -0.39 is 0 Å². The third-order valence-electron chi connectivity index (χ3n) is 4.53. The second-order valence-electron chi connectivity index (χ2n) is 6.51. The molecule has 0 saturated heterocycles. The maximum Gasteiger partial charge on any atom is 0.274 e. The summed E-state index contributed by atoms with van der Waals surface area (Å²) in [5.74, 6) is -0.685. The van der Waals surface area contributed by atoms with Gasteiger partial charge in [-0.25, -0.2) is 9.07 Å². The molecule has 0 spiro atoms. The molecule has 146 valence electrons. The van der Waals surface area contributed by atoms with E-state index in [2.05, 4.69) is 10.1 Å². The summed E-state index contributed by atoms with van der Waals surface area (Å²) < 4.78 is 16.9. The standard InChI is InChI=1S/C21H17FN4O2S/c1-25-20(28)16-8-4-3-7-15(16)18(24-25)12-19(27)23-21-26(10-11-29-21)13-14-6-2-5-9-17(14)22/h2-11H,12-13H2,1H3. The van der Waals surface area contributed by atoms with E-state index in [1.807, 2.05) is 0 Å². The third-order valence-corrected chi connectivity index (χ3v) is 5.32. The highest BCUT2D eigenvalue weighted by Crippen LogP contribution is 2.14. The molecule has 8 heteroatoms. The number of amides is 1. The highest BCUT2D eigenvalue weighted by Gasteiger charge is 2.12. The number of aromatic nitrogens is 3. The van der Waals surface area contributed by atoms with E-state index in [1.165, 1.54) is 22.1 Å². The molecule has 0 atom stereocenters. The maximum atomic E-state index is 13.9. The van der Waals surface area contributed by atoms with Gasteiger partial charge in [0.2, 0.25) is 0 Å². The van der Waals surface area contributed by atoms with Crippen LogP contribution in [-0.4, -0.2) is 20.3 Å². The first-order chi connectivity index (χ1) is 14.0. The average molecular weight is 408 g/mol. The third kappa shape index (κ3) is 3.93. The number of carbonyl (C=O) groups is 1. The van der Waals surface area contributed by atoms with Crippen LogP contribution in [0.2, 0.25) is 0 Å². The van der Waals surface area contributed by atoms with E-state index in [-0.39, 0.29) is 30.2 Å². The van der Waals surface area contributed by atoms with Crippen LogP contribution < -0.4 is 10.4 Å². The molecule has 2 heterocycles. The molecule has 4 rings (SSSR count). The zero-order valence-electron chi connectivity index (χ0n) is 15.6. The molecular weight excluding hydrogens is 391 g/mol. The molecule has 0 fully saturated rings. The lowest BCUT2D eigenvalue weighted by molar-refractivity contribution is -0.117. The first-order valence-electron chi connectivity index (χ1n) is 8.93. The topological polar surface area (TPSA) is 69.2 Å². The highest BCUT2D eigenvalue weighted by atomic mass is 32.1. The first-order valence-corrected chi connectivity index (χ1v) is 9.81. The predicted molar refractivity (Wildman–Crippen MR) is 109 cm³/mol. The monoisotopic (exact) mass is 408 g/mol. The van der Waals surface area contributed by atoms with E-state index >= 15 is 0 Å². The summed E-state index contributed by atoms with van der Waals surface area (Å²) in [4.78, 5) is 29.5. The lowest BCUT2D eigenvalue weighted by Crippen LogP contribution is -2.23. The number of benzene rings is 2. The number of aryl methyl sites for hydroxylation is 1. The number of carbonyl (C=O) groups excluding carboxylic acids is 1. The Bertz CT molecular complexity index is 1340. The fraction of sp³-hybridized carbons (Fsp3) is 0.143. The van der Waals surface area contributed by atoms with Crippen molar-refractivity contribution in [1.82, 2.24) is 14.3 Å². The smallest absolute Gasteiger partial charge is 0.274 e. The molecule has 0 N–H and O–H groups in total. The summed E-state index contributed by atoms with van der Waals surface area (Å²) in [6, 6.07) is 13.6. The van der Waals surface area contributed by atoms with Crippen molar-refractivity contribution in [3.05, 3.63) is 92.3 Å². The van der Waals surface area contributed by atoms with Crippen LogP contribution in [0.5, 0.6) is 0 Å². The number of thiazole rings is 1. The Morgan fingerprint density at radius 2 is 1.86 bits per heavy atom. The van der Waals surface area contributed by atoms with Gasteiger partial charge in [-0.3, -0.25) is 9.59 Å². The Balaban J connectivity index is 1.65. The summed E-state index contributed by atoms with van der Waals surface area (Å²) in [6.07, 6.45) is 1.73. The average Bonchev–Trinajstić information content (AvgIpc) is 3.14. The molecule has 0 aliphatic rings. The normalized spacial score (nSPS) is 11.9. The van der Waals surface area contributed by atoms with Gasteiger partial charge in [0.05, 0.1) is 24.0 Å². The summed E-state index contributed by atoms with van der Waals surface area (Å²) in [6.45, 7) is 0.281. The number of fused-ring (bicyclic) bond motifs is 1. The van der Waals surface area contributed by atoms with Crippen molar-refractivity contribution < 1.29 is 9.18 Å². The zero-order valence-corrected chi connectivity index (χ0v) is 16.4. The fourth-order valence-electron chi connectivity index (χ4n) is 3.11. The van der Waals surface area contributed by atoms with Crippen molar-refractivity contribution >= 4 is 28.0 Å². The molecule has 0 aliphatic heterocycles. The van der Waals surface area contributed by atoms with Crippen LogP contribution in [0.25, 0.3) is 10.8 Å². The molecule has 0 saturated carbocycles. The molecule has 0 aliphatic carbocycles. The van der Waals surface area contributed by atoms with Crippen LogP contribution in [-0.2, 0) is 24.8 Å². The minimum atomic E-state index is -0.383. The maximum absolute atomic E-state index is 13.9. The Morgan fingerprint density at radius 3 is 2.66 bits per heavy atom. The number of hydrogen-bond donors (Lipinski definition) is 0. The number of halogens is 1. The Morgan fingerprint density at radius 1 is 1.14 bits per heavy atom. The summed E-state index contributed by atoms with van der Waals surface area (Å²) in [7, 11) is 1.56.